The maximum atomic E-state index is 12.2. The number of aromatic nitrogens is 1. The molecule has 2 N–H and O–H groups in total. The van der Waals surface area contributed by atoms with Gasteiger partial charge in [-0.3, -0.25) is 4.79 Å². The van der Waals surface area contributed by atoms with Crippen LogP contribution in [-0.2, 0) is 11.2 Å². The highest BCUT2D eigenvalue weighted by molar-refractivity contribution is 7.15. The lowest BCUT2D eigenvalue weighted by molar-refractivity contribution is -0.121. The van der Waals surface area contributed by atoms with Gasteiger partial charge in [-0.2, -0.15) is 0 Å². The van der Waals surface area contributed by atoms with Crippen molar-refractivity contribution in [3.05, 3.63) is 44.9 Å². The van der Waals surface area contributed by atoms with Crippen molar-refractivity contribution in [2.75, 3.05) is 18.4 Å². The monoisotopic (exact) mass is 405 g/mol. The third-order valence-corrected chi connectivity index (χ3v) is 5.61. The van der Waals surface area contributed by atoms with Gasteiger partial charge in [0.05, 0.1) is 0 Å². The zero-order valence-electron chi connectivity index (χ0n) is 13.0. The molecular formula is C16H18Cl3N3OS. The smallest absolute Gasteiger partial charge is 0.229 e. The van der Waals surface area contributed by atoms with Crippen LogP contribution in [-0.4, -0.2) is 24.0 Å². The van der Waals surface area contributed by atoms with Gasteiger partial charge >= 0.3 is 0 Å². The standard InChI is InChI=1S/C16H17Cl2N3OS.ClH/c1-9(11-6-19-7-11)15(22)21-16-20-8-13(23-16)5-10-4-12(17)2-3-14(10)18;/h2-4,8-9,11,19H,5-7H2,1H3,(H,20,21,22);1H. The predicted molar refractivity (Wildman–Crippen MR) is 103 cm³/mol. The minimum atomic E-state index is -0.00836. The van der Waals surface area contributed by atoms with Crippen LogP contribution in [0.3, 0.4) is 0 Å². The first-order valence-electron chi connectivity index (χ1n) is 7.43. The number of benzene rings is 1. The van der Waals surface area contributed by atoms with Crippen LogP contribution >= 0.6 is 46.9 Å². The third kappa shape index (κ3) is 4.61. The molecule has 1 aliphatic rings. The Labute approximate surface area is 161 Å². The molecule has 24 heavy (non-hydrogen) atoms. The molecule has 1 aromatic carbocycles. The van der Waals surface area contributed by atoms with Gasteiger partial charge in [-0.05, 0) is 42.8 Å². The van der Waals surface area contributed by atoms with Crippen LogP contribution < -0.4 is 10.6 Å². The number of thiazole rings is 1. The number of halogens is 3. The second kappa shape index (κ2) is 8.50. The average Bonchev–Trinajstić information content (AvgIpc) is 2.88. The van der Waals surface area contributed by atoms with Gasteiger partial charge < -0.3 is 10.6 Å². The first-order valence-corrected chi connectivity index (χ1v) is 9.00. The molecule has 130 valence electrons. The number of hydrogen-bond donors (Lipinski definition) is 2. The molecule has 1 aromatic heterocycles. The number of carbonyl (C=O) groups is 1. The van der Waals surface area contributed by atoms with Crippen molar-refractivity contribution in [2.45, 2.75) is 13.3 Å². The molecule has 0 aliphatic carbocycles. The number of nitrogens with one attached hydrogen (secondary N) is 2. The van der Waals surface area contributed by atoms with Crippen LogP contribution in [0.25, 0.3) is 0 Å². The Balaban J connectivity index is 0.00000208. The summed E-state index contributed by atoms with van der Waals surface area (Å²) < 4.78 is 0. The molecule has 3 rings (SSSR count). The van der Waals surface area contributed by atoms with E-state index in [4.69, 9.17) is 23.2 Å². The Morgan fingerprint density at radius 1 is 1.46 bits per heavy atom. The van der Waals surface area contributed by atoms with E-state index in [2.05, 4.69) is 15.6 Å². The SMILES string of the molecule is CC(C(=O)Nc1ncc(Cc2cc(Cl)ccc2Cl)s1)C1CNC1.Cl. The maximum Gasteiger partial charge on any atom is 0.229 e. The molecule has 2 aromatic rings. The average molecular weight is 407 g/mol. The zero-order chi connectivity index (χ0) is 16.4. The number of rotatable bonds is 5. The lowest BCUT2D eigenvalue weighted by atomic mass is 9.88. The molecule has 8 heteroatoms. The molecule has 1 saturated heterocycles. The number of hydrogen-bond acceptors (Lipinski definition) is 4. The molecular weight excluding hydrogens is 389 g/mol. The number of anilines is 1. The van der Waals surface area contributed by atoms with Crippen molar-refractivity contribution in [3.63, 3.8) is 0 Å². The summed E-state index contributed by atoms with van der Waals surface area (Å²) in [6.45, 7) is 3.77. The van der Waals surface area contributed by atoms with Crippen molar-refractivity contribution in [1.82, 2.24) is 10.3 Å². The predicted octanol–water partition coefficient (Wildman–Crippen LogP) is 4.26. The fourth-order valence-electron chi connectivity index (χ4n) is 2.41. The van der Waals surface area contributed by atoms with Crippen LogP contribution in [0.2, 0.25) is 10.0 Å². The summed E-state index contributed by atoms with van der Waals surface area (Å²) in [5.41, 5.74) is 0.953. The highest BCUT2D eigenvalue weighted by atomic mass is 35.5. The largest absolute Gasteiger partial charge is 0.316 e. The molecule has 4 nitrogen and oxygen atoms in total. The Morgan fingerprint density at radius 2 is 2.21 bits per heavy atom. The van der Waals surface area contributed by atoms with E-state index in [1.807, 2.05) is 13.0 Å². The first-order chi connectivity index (χ1) is 11.0. The molecule has 1 atom stereocenters. The van der Waals surface area contributed by atoms with Gasteiger partial charge in [-0.25, -0.2) is 4.98 Å². The topological polar surface area (TPSA) is 54.0 Å². The van der Waals surface area contributed by atoms with Gasteiger partial charge in [-0.15, -0.1) is 23.7 Å². The van der Waals surface area contributed by atoms with Gasteiger partial charge in [0, 0.05) is 33.5 Å². The number of nitrogens with zero attached hydrogens (tertiary/aromatic N) is 1. The Morgan fingerprint density at radius 3 is 2.88 bits per heavy atom. The van der Waals surface area contributed by atoms with Crippen molar-refractivity contribution >= 4 is 58.0 Å². The molecule has 0 radical (unpaired) electrons. The van der Waals surface area contributed by atoms with Crippen molar-refractivity contribution in [1.29, 1.82) is 0 Å². The summed E-state index contributed by atoms with van der Waals surface area (Å²) in [5.74, 6) is 0.434. The van der Waals surface area contributed by atoms with Crippen molar-refractivity contribution in [3.8, 4) is 0 Å². The summed E-state index contributed by atoms with van der Waals surface area (Å²) in [6.07, 6.45) is 2.42. The van der Waals surface area contributed by atoms with E-state index in [-0.39, 0.29) is 24.2 Å². The van der Waals surface area contributed by atoms with Gasteiger partial charge in [0.25, 0.3) is 0 Å². The fourth-order valence-corrected chi connectivity index (χ4v) is 3.63. The molecule has 0 bridgehead atoms. The van der Waals surface area contributed by atoms with Gasteiger partial charge in [0.15, 0.2) is 5.13 Å². The van der Waals surface area contributed by atoms with E-state index in [1.165, 1.54) is 11.3 Å². The Kier molecular flexibility index (Phi) is 6.89. The molecule has 1 fully saturated rings. The Hall–Kier alpha value is -0.850. The summed E-state index contributed by atoms with van der Waals surface area (Å²) in [4.78, 5) is 17.5. The van der Waals surface area contributed by atoms with E-state index in [0.717, 1.165) is 23.5 Å². The second-order valence-electron chi connectivity index (χ2n) is 5.74. The van der Waals surface area contributed by atoms with E-state index in [1.54, 1.807) is 18.3 Å². The number of carbonyl (C=O) groups excluding carboxylic acids is 1. The fraction of sp³-hybridized carbons (Fsp3) is 0.375. The van der Waals surface area contributed by atoms with E-state index >= 15 is 0 Å². The van der Waals surface area contributed by atoms with Crippen molar-refractivity contribution < 1.29 is 4.79 Å². The first kappa shape index (κ1) is 19.5. The molecule has 1 unspecified atom stereocenters. The molecule has 1 amide bonds. The van der Waals surface area contributed by atoms with Gasteiger partial charge in [0.1, 0.15) is 0 Å². The van der Waals surface area contributed by atoms with Gasteiger partial charge in [0.2, 0.25) is 5.91 Å². The van der Waals surface area contributed by atoms with E-state index in [0.29, 0.717) is 27.5 Å². The summed E-state index contributed by atoms with van der Waals surface area (Å²) >= 11 is 13.7. The lowest BCUT2D eigenvalue weighted by Gasteiger charge is -2.31. The van der Waals surface area contributed by atoms with Crippen LogP contribution in [0.4, 0.5) is 5.13 Å². The minimum Gasteiger partial charge on any atom is -0.316 e. The molecule has 0 spiro atoms. The summed E-state index contributed by atoms with van der Waals surface area (Å²) in [7, 11) is 0. The summed E-state index contributed by atoms with van der Waals surface area (Å²) in [5, 5.41) is 8.06. The summed E-state index contributed by atoms with van der Waals surface area (Å²) in [6, 6.07) is 5.41. The Bertz CT molecular complexity index is 718. The van der Waals surface area contributed by atoms with Gasteiger partial charge in [-0.1, -0.05) is 30.1 Å². The maximum absolute atomic E-state index is 12.2. The number of amides is 1. The highest BCUT2D eigenvalue weighted by Crippen LogP contribution is 2.27. The molecule has 0 saturated carbocycles. The van der Waals surface area contributed by atoms with E-state index in [9.17, 15) is 4.79 Å². The second-order valence-corrected chi connectivity index (χ2v) is 7.70. The highest BCUT2D eigenvalue weighted by Gasteiger charge is 2.29. The molecule has 2 heterocycles. The third-order valence-electron chi connectivity index (χ3n) is 4.09. The van der Waals surface area contributed by atoms with Crippen LogP contribution in [0.5, 0.6) is 0 Å². The lowest BCUT2D eigenvalue weighted by Crippen LogP contribution is -2.48. The quantitative estimate of drug-likeness (QED) is 0.780. The van der Waals surface area contributed by atoms with Crippen molar-refractivity contribution in [2.24, 2.45) is 11.8 Å². The van der Waals surface area contributed by atoms with E-state index < -0.39 is 0 Å². The normalized spacial score (nSPS) is 15.3. The minimum absolute atomic E-state index is 0. The molecule has 1 aliphatic heterocycles. The zero-order valence-corrected chi connectivity index (χ0v) is 16.2. The van der Waals surface area contributed by atoms with Crippen LogP contribution in [0.1, 0.15) is 17.4 Å². The van der Waals surface area contributed by atoms with Crippen LogP contribution in [0.15, 0.2) is 24.4 Å². The van der Waals surface area contributed by atoms with Crippen LogP contribution in [0, 0.1) is 11.8 Å².